The molecule has 2 aromatic heterocycles. The summed E-state index contributed by atoms with van der Waals surface area (Å²) in [5, 5.41) is 11.9. The number of rotatable bonds is 5. The van der Waals surface area contributed by atoms with Crippen molar-refractivity contribution in [1.29, 1.82) is 5.26 Å². The van der Waals surface area contributed by atoms with Gasteiger partial charge in [-0.3, -0.25) is 0 Å². The van der Waals surface area contributed by atoms with E-state index < -0.39 is 0 Å². The van der Waals surface area contributed by atoms with Crippen LogP contribution in [-0.2, 0) is 0 Å². The second-order valence-electron chi connectivity index (χ2n) is 7.13. The molecule has 0 atom stereocenters. The van der Waals surface area contributed by atoms with Crippen LogP contribution in [0.1, 0.15) is 22.3 Å². The number of nitriles is 1. The lowest BCUT2D eigenvalue weighted by molar-refractivity contribution is 0.461. The van der Waals surface area contributed by atoms with Crippen molar-refractivity contribution in [3.8, 4) is 17.7 Å². The normalized spacial score (nSPS) is 11.0. The Labute approximate surface area is 174 Å². The fourth-order valence-corrected chi connectivity index (χ4v) is 3.41. The van der Waals surface area contributed by atoms with Gasteiger partial charge in [-0.1, -0.05) is 29.8 Å². The average molecular weight is 395 g/mol. The van der Waals surface area contributed by atoms with Gasteiger partial charge >= 0.3 is 0 Å². The number of allylic oxidation sites excluding steroid dienone is 1. The lowest BCUT2D eigenvalue weighted by Gasteiger charge is -2.14. The smallest absolute Gasteiger partial charge is 0.248 e. The summed E-state index contributed by atoms with van der Waals surface area (Å²) in [4.78, 5) is 12.3. The molecule has 2 aromatic carbocycles. The summed E-state index contributed by atoms with van der Waals surface area (Å²) < 4.78 is 6.25. The van der Waals surface area contributed by atoms with Crippen molar-refractivity contribution in [2.24, 2.45) is 0 Å². The van der Waals surface area contributed by atoms with Crippen LogP contribution in [-0.4, -0.2) is 15.0 Å². The number of aromatic amines is 1. The molecule has 0 radical (unpaired) electrons. The van der Waals surface area contributed by atoms with E-state index in [1.807, 2.05) is 56.4 Å². The number of aromatic nitrogens is 3. The van der Waals surface area contributed by atoms with Crippen LogP contribution in [0.25, 0.3) is 17.1 Å². The zero-order valence-corrected chi connectivity index (χ0v) is 17.0. The molecule has 148 valence electrons. The number of hydrogen-bond acceptors (Lipinski definition) is 5. The van der Waals surface area contributed by atoms with E-state index in [1.165, 1.54) is 11.6 Å². The van der Waals surface area contributed by atoms with E-state index in [1.54, 1.807) is 6.08 Å². The van der Waals surface area contributed by atoms with Crippen molar-refractivity contribution in [3.05, 3.63) is 77.0 Å². The van der Waals surface area contributed by atoms with E-state index in [9.17, 15) is 0 Å². The molecule has 4 aromatic rings. The number of benzene rings is 2. The predicted octanol–water partition coefficient (Wildman–Crippen LogP) is 5.96. The first-order chi connectivity index (χ1) is 14.5. The zero-order chi connectivity index (χ0) is 21.1. The number of ether oxygens (including phenoxy) is 1. The van der Waals surface area contributed by atoms with Crippen LogP contribution in [0.15, 0.2) is 54.7 Å². The van der Waals surface area contributed by atoms with Gasteiger partial charge < -0.3 is 15.0 Å². The number of hydrogen-bond donors (Lipinski definition) is 2. The SMILES string of the molecule is Cc1cc(C)c(Oc2nc(Nc3ccc(/C=C/C#N)cc3)nc3cc[nH]c23)c(C)c1. The Morgan fingerprint density at radius 3 is 2.47 bits per heavy atom. The quantitative estimate of drug-likeness (QED) is 0.407. The lowest BCUT2D eigenvalue weighted by Crippen LogP contribution is -2.01. The second kappa shape index (κ2) is 8.10. The van der Waals surface area contributed by atoms with Crippen molar-refractivity contribution >= 4 is 28.7 Å². The van der Waals surface area contributed by atoms with Gasteiger partial charge in [-0.25, -0.2) is 4.98 Å². The third-order valence-electron chi connectivity index (χ3n) is 4.69. The van der Waals surface area contributed by atoms with Gasteiger partial charge in [0.25, 0.3) is 0 Å². The van der Waals surface area contributed by atoms with E-state index >= 15 is 0 Å². The summed E-state index contributed by atoms with van der Waals surface area (Å²) in [7, 11) is 0. The summed E-state index contributed by atoms with van der Waals surface area (Å²) >= 11 is 0. The summed E-state index contributed by atoms with van der Waals surface area (Å²) in [5.41, 5.74) is 6.60. The molecule has 0 aliphatic carbocycles. The maximum absolute atomic E-state index is 8.65. The maximum atomic E-state index is 8.65. The second-order valence-corrected chi connectivity index (χ2v) is 7.13. The molecule has 0 bridgehead atoms. The summed E-state index contributed by atoms with van der Waals surface area (Å²) in [6.07, 6.45) is 5.02. The predicted molar refractivity (Wildman–Crippen MR) is 119 cm³/mol. The number of H-pyrrole nitrogens is 1. The van der Waals surface area contributed by atoms with E-state index in [0.29, 0.717) is 11.8 Å². The van der Waals surface area contributed by atoms with Crippen LogP contribution in [0.5, 0.6) is 11.6 Å². The molecule has 30 heavy (non-hydrogen) atoms. The van der Waals surface area contributed by atoms with Crippen molar-refractivity contribution < 1.29 is 4.74 Å². The molecule has 0 aliphatic heterocycles. The van der Waals surface area contributed by atoms with E-state index in [4.69, 9.17) is 10.00 Å². The fraction of sp³-hybridized carbons (Fsp3) is 0.125. The highest BCUT2D eigenvalue weighted by atomic mass is 16.5. The Morgan fingerprint density at radius 2 is 1.77 bits per heavy atom. The highest BCUT2D eigenvalue weighted by Crippen LogP contribution is 2.33. The van der Waals surface area contributed by atoms with Crippen LogP contribution in [0.2, 0.25) is 0 Å². The molecule has 0 spiro atoms. The highest BCUT2D eigenvalue weighted by molar-refractivity contribution is 5.82. The number of fused-ring (bicyclic) bond motifs is 1. The molecule has 0 amide bonds. The summed E-state index contributed by atoms with van der Waals surface area (Å²) in [6.45, 7) is 6.13. The average Bonchev–Trinajstić information content (AvgIpc) is 3.19. The summed E-state index contributed by atoms with van der Waals surface area (Å²) in [5.74, 6) is 1.71. The van der Waals surface area contributed by atoms with Crippen LogP contribution in [0.4, 0.5) is 11.6 Å². The van der Waals surface area contributed by atoms with E-state index in [2.05, 4.69) is 39.3 Å². The Morgan fingerprint density at radius 1 is 1.03 bits per heavy atom. The van der Waals surface area contributed by atoms with Crippen LogP contribution in [0, 0.1) is 32.1 Å². The molecule has 0 aliphatic rings. The molecule has 2 heterocycles. The molecular formula is C24H21N5O. The highest BCUT2D eigenvalue weighted by Gasteiger charge is 2.14. The van der Waals surface area contributed by atoms with Crippen LogP contribution < -0.4 is 10.1 Å². The third-order valence-corrected chi connectivity index (χ3v) is 4.69. The fourth-order valence-electron chi connectivity index (χ4n) is 3.41. The van der Waals surface area contributed by atoms with Gasteiger partial charge in [0.1, 0.15) is 11.3 Å². The molecule has 0 saturated heterocycles. The lowest BCUT2D eigenvalue weighted by atomic mass is 10.1. The van der Waals surface area contributed by atoms with Gasteiger partial charge in [-0.2, -0.15) is 10.2 Å². The number of nitrogens with one attached hydrogen (secondary N) is 2. The molecule has 0 fully saturated rings. The van der Waals surface area contributed by atoms with E-state index in [0.717, 1.165) is 39.2 Å². The maximum Gasteiger partial charge on any atom is 0.248 e. The number of nitrogens with zero attached hydrogens (tertiary/aromatic N) is 3. The molecule has 2 N–H and O–H groups in total. The molecule has 4 rings (SSSR count). The molecule has 6 nitrogen and oxygen atoms in total. The molecule has 0 unspecified atom stereocenters. The van der Waals surface area contributed by atoms with Gasteiger partial charge in [-0.15, -0.1) is 0 Å². The Bertz CT molecular complexity index is 1260. The Hall–Kier alpha value is -4.11. The standard InChI is InChI=1S/C24H21N5O/c1-15-13-16(2)22(17(3)14-15)30-23-21-20(10-12-26-21)28-24(29-23)27-19-8-6-18(7-9-19)5-4-11-25/h4-10,12-14,26H,1-3H3,(H,27,28,29)/b5-4+. The number of aryl methyl sites for hydroxylation is 3. The largest absolute Gasteiger partial charge is 0.436 e. The zero-order valence-electron chi connectivity index (χ0n) is 17.0. The van der Waals surface area contributed by atoms with Crippen molar-refractivity contribution in [3.63, 3.8) is 0 Å². The van der Waals surface area contributed by atoms with Crippen molar-refractivity contribution in [1.82, 2.24) is 15.0 Å². The van der Waals surface area contributed by atoms with Crippen LogP contribution in [0.3, 0.4) is 0 Å². The van der Waals surface area contributed by atoms with Crippen LogP contribution >= 0.6 is 0 Å². The van der Waals surface area contributed by atoms with Gasteiger partial charge in [0.2, 0.25) is 11.8 Å². The van der Waals surface area contributed by atoms with Crippen molar-refractivity contribution in [2.75, 3.05) is 5.32 Å². The summed E-state index contributed by atoms with van der Waals surface area (Å²) in [6, 6.07) is 15.7. The first kappa shape index (κ1) is 19.2. The first-order valence-corrected chi connectivity index (χ1v) is 9.57. The minimum Gasteiger partial charge on any atom is -0.436 e. The number of anilines is 2. The molecular weight excluding hydrogens is 374 g/mol. The Kier molecular flexibility index (Phi) is 5.19. The van der Waals surface area contributed by atoms with E-state index in [-0.39, 0.29) is 0 Å². The molecule has 0 saturated carbocycles. The van der Waals surface area contributed by atoms with Gasteiger partial charge in [-0.05, 0) is 61.7 Å². The van der Waals surface area contributed by atoms with Gasteiger partial charge in [0.15, 0.2) is 0 Å². The Balaban J connectivity index is 1.67. The first-order valence-electron chi connectivity index (χ1n) is 9.57. The van der Waals surface area contributed by atoms with Gasteiger partial charge in [0, 0.05) is 18.0 Å². The third kappa shape index (κ3) is 4.01. The topological polar surface area (TPSA) is 86.6 Å². The van der Waals surface area contributed by atoms with Gasteiger partial charge in [0.05, 0.1) is 11.6 Å². The minimum absolute atomic E-state index is 0.444. The monoisotopic (exact) mass is 395 g/mol. The molecule has 6 heteroatoms. The minimum atomic E-state index is 0.444. The van der Waals surface area contributed by atoms with Crippen molar-refractivity contribution in [2.45, 2.75) is 20.8 Å².